The van der Waals surface area contributed by atoms with Crippen LogP contribution in [0.15, 0.2) is 59.1 Å². The highest BCUT2D eigenvalue weighted by Crippen LogP contribution is 2.20. The molecule has 0 saturated carbocycles. The Morgan fingerprint density at radius 2 is 1.78 bits per heavy atom. The van der Waals surface area contributed by atoms with Gasteiger partial charge in [0, 0.05) is 17.5 Å². The minimum atomic E-state index is -0.452. The van der Waals surface area contributed by atoms with Crippen LogP contribution in [-0.4, -0.2) is 16.7 Å². The molecular weight excluding hydrogens is 342 g/mol. The molecule has 0 aliphatic rings. The van der Waals surface area contributed by atoms with Crippen LogP contribution in [0.1, 0.15) is 40.2 Å². The number of ether oxygens (including phenoxy) is 1. The molecule has 5 nitrogen and oxygen atoms in total. The third-order valence-corrected chi connectivity index (χ3v) is 4.35. The minimum Gasteiger partial charge on any atom is -0.456 e. The molecule has 2 aromatic carbocycles. The number of esters is 1. The number of ketones is 1. The Hall–Kier alpha value is -3.21. The largest absolute Gasteiger partial charge is 0.456 e. The van der Waals surface area contributed by atoms with Gasteiger partial charge in [0.15, 0.2) is 18.2 Å². The first kappa shape index (κ1) is 18.6. The first-order valence-corrected chi connectivity index (χ1v) is 8.79. The normalized spacial score (nSPS) is 10.6. The Balaban J connectivity index is 1.48. The summed E-state index contributed by atoms with van der Waals surface area (Å²) in [5.74, 6) is 0.415. The second-order valence-electron chi connectivity index (χ2n) is 6.37. The predicted molar refractivity (Wildman–Crippen MR) is 101 cm³/mol. The lowest BCUT2D eigenvalue weighted by Gasteiger charge is -2.05. The number of carbonyl (C=O) groups is 2. The average molecular weight is 363 g/mol. The van der Waals surface area contributed by atoms with Crippen molar-refractivity contribution in [2.75, 3.05) is 0 Å². The zero-order valence-electron chi connectivity index (χ0n) is 15.4. The fourth-order valence-corrected chi connectivity index (χ4v) is 2.60. The van der Waals surface area contributed by atoms with Gasteiger partial charge in [-0.25, -0.2) is 4.98 Å². The highest BCUT2D eigenvalue weighted by molar-refractivity contribution is 5.97. The van der Waals surface area contributed by atoms with Crippen LogP contribution in [0, 0.1) is 13.8 Å². The molecule has 0 saturated heterocycles. The van der Waals surface area contributed by atoms with Crippen LogP contribution in [0.5, 0.6) is 0 Å². The van der Waals surface area contributed by atoms with Crippen molar-refractivity contribution in [3.63, 3.8) is 0 Å². The van der Waals surface area contributed by atoms with Gasteiger partial charge in [0.2, 0.25) is 5.89 Å². The number of benzene rings is 2. The Bertz CT molecular complexity index is 944. The molecule has 0 amide bonds. The molecule has 27 heavy (non-hydrogen) atoms. The van der Waals surface area contributed by atoms with E-state index in [2.05, 4.69) is 4.98 Å². The van der Waals surface area contributed by atoms with Crippen molar-refractivity contribution >= 4 is 11.8 Å². The van der Waals surface area contributed by atoms with Crippen molar-refractivity contribution in [2.45, 2.75) is 33.3 Å². The van der Waals surface area contributed by atoms with Crippen LogP contribution >= 0.6 is 0 Å². The van der Waals surface area contributed by atoms with E-state index < -0.39 is 5.97 Å². The van der Waals surface area contributed by atoms with E-state index in [4.69, 9.17) is 9.15 Å². The average Bonchev–Trinajstić information content (AvgIpc) is 3.16. The maximum atomic E-state index is 12.2. The van der Waals surface area contributed by atoms with Gasteiger partial charge in [-0.3, -0.25) is 9.59 Å². The van der Waals surface area contributed by atoms with Crippen molar-refractivity contribution in [1.29, 1.82) is 0 Å². The van der Waals surface area contributed by atoms with Crippen molar-refractivity contribution in [3.05, 3.63) is 77.3 Å². The van der Waals surface area contributed by atoms with Gasteiger partial charge in [0.25, 0.3) is 0 Å². The van der Waals surface area contributed by atoms with E-state index in [1.165, 1.54) is 0 Å². The summed E-state index contributed by atoms with van der Waals surface area (Å²) in [5.41, 5.74) is 3.71. The highest BCUT2D eigenvalue weighted by atomic mass is 16.5. The lowest BCUT2D eigenvalue weighted by molar-refractivity contribution is -0.145. The highest BCUT2D eigenvalue weighted by Gasteiger charge is 2.13. The van der Waals surface area contributed by atoms with Crippen LogP contribution in [0.25, 0.3) is 11.3 Å². The van der Waals surface area contributed by atoms with Crippen molar-refractivity contribution in [2.24, 2.45) is 0 Å². The maximum absolute atomic E-state index is 12.2. The fourth-order valence-electron chi connectivity index (χ4n) is 2.60. The molecule has 1 aromatic heterocycles. The molecule has 3 rings (SSSR count). The van der Waals surface area contributed by atoms with Crippen LogP contribution in [-0.2, 0) is 16.1 Å². The Morgan fingerprint density at radius 1 is 1.00 bits per heavy atom. The second kappa shape index (κ2) is 8.45. The van der Waals surface area contributed by atoms with E-state index in [0.29, 0.717) is 17.2 Å². The third kappa shape index (κ3) is 4.91. The summed E-state index contributed by atoms with van der Waals surface area (Å²) in [6, 6.07) is 15.1. The fraction of sp³-hybridized carbons (Fsp3) is 0.227. The minimum absolute atomic E-state index is 0.0258. The topological polar surface area (TPSA) is 69.4 Å². The van der Waals surface area contributed by atoms with Gasteiger partial charge in [0.1, 0.15) is 0 Å². The van der Waals surface area contributed by atoms with Crippen LogP contribution < -0.4 is 0 Å². The van der Waals surface area contributed by atoms with Gasteiger partial charge in [0.05, 0.1) is 12.6 Å². The van der Waals surface area contributed by atoms with Crippen LogP contribution in [0.2, 0.25) is 0 Å². The number of rotatable bonds is 7. The molecule has 0 unspecified atom stereocenters. The molecule has 0 aliphatic heterocycles. The number of hydrogen-bond acceptors (Lipinski definition) is 5. The summed E-state index contributed by atoms with van der Waals surface area (Å²) in [7, 11) is 0. The summed E-state index contributed by atoms with van der Waals surface area (Å²) in [4.78, 5) is 28.2. The third-order valence-electron chi connectivity index (χ3n) is 4.35. The summed E-state index contributed by atoms with van der Waals surface area (Å²) >= 11 is 0. The van der Waals surface area contributed by atoms with Crippen molar-refractivity contribution < 1.29 is 18.7 Å². The molecule has 138 valence electrons. The summed E-state index contributed by atoms with van der Waals surface area (Å²) in [6.45, 7) is 3.90. The standard InChI is InChI=1S/C22H21NO4/c1-15-8-9-18(12-16(15)2)19(24)10-11-22(25)26-14-21-23-13-20(27-21)17-6-4-3-5-7-17/h3-9,12-13H,10-11,14H2,1-2H3. The van der Waals surface area contributed by atoms with E-state index in [0.717, 1.165) is 16.7 Å². The predicted octanol–water partition coefficient (Wildman–Crippen LogP) is 4.66. The number of carbonyl (C=O) groups excluding carboxylic acids is 2. The van der Waals surface area contributed by atoms with Gasteiger partial charge < -0.3 is 9.15 Å². The first-order valence-electron chi connectivity index (χ1n) is 8.79. The lowest BCUT2D eigenvalue weighted by Crippen LogP contribution is -2.08. The van der Waals surface area contributed by atoms with E-state index >= 15 is 0 Å². The van der Waals surface area contributed by atoms with Gasteiger partial charge >= 0.3 is 5.97 Å². The number of hydrogen-bond donors (Lipinski definition) is 0. The van der Waals surface area contributed by atoms with E-state index in [1.54, 1.807) is 12.3 Å². The quantitative estimate of drug-likeness (QED) is 0.451. The second-order valence-corrected chi connectivity index (χ2v) is 6.37. The first-order chi connectivity index (χ1) is 13.0. The van der Waals surface area contributed by atoms with E-state index in [1.807, 2.05) is 56.3 Å². The Kier molecular flexibility index (Phi) is 5.81. The van der Waals surface area contributed by atoms with Crippen LogP contribution in [0.4, 0.5) is 0 Å². The maximum Gasteiger partial charge on any atom is 0.306 e. The van der Waals surface area contributed by atoms with E-state index in [9.17, 15) is 9.59 Å². The zero-order chi connectivity index (χ0) is 19.2. The molecule has 3 aromatic rings. The van der Waals surface area contributed by atoms with Crippen molar-refractivity contribution in [1.82, 2.24) is 4.98 Å². The van der Waals surface area contributed by atoms with Gasteiger partial charge in [-0.1, -0.05) is 42.5 Å². The van der Waals surface area contributed by atoms with Crippen LogP contribution in [0.3, 0.4) is 0 Å². The lowest BCUT2D eigenvalue weighted by atomic mass is 10.0. The Morgan fingerprint density at radius 3 is 2.52 bits per heavy atom. The Labute approximate surface area is 158 Å². The number of oxazole rings is 1. The summed E-state index contributed by atoms with van der Waals surface area (Å²) in [5, 5.41) is 0. The SMILES string of the molecule is Cc1ccc(C(=O)CCC(=O)OCc2ncc(-c3ccccc3)o2)cc1C. The summed E-state index contributed by atoms with van der Waals surface area (Å²) in [6.07, 6.45) is 1.74. The molecule has 0 bridgehead atoms. The number of aryl methyl sites for hydroxylation is 2. The zero-order valence-corrected chi connectivity index (χ0v) is 15.4. The smallest absolute Gasteiger partial charge is 0.306 e. The molecule has 0 N–H and O–H groups in total. The molecule has 0 radical (unpaired) electrons. The van der Waals surface area contributed by atoms with Crippen molar-refractivity contribution in [3.8, 4) is 11.3 Å². The van der Waals surface area contributed by atoms with E-state index in [-0.39, 0.29) is 25.2 Å². The number of Topliss-reactive ketones (excluding diaryl/α,β-unsaturated/α-hetero) is 1. The summed E-state index contributed by atoms with van der Waals surface area (Å²) < 4.78 is 10.7. The van der Waals surface area contributed by atoms with Gasteiger partial charge in [-0.15, -0.1) is 0 Å². The molecule has 0 atom stereocenters. The van der Waals surface area contributed by atoms with Gasteiger partial charge in [-0.05, 0) is 31.0 Å². The number of aromatic nitrogens is 1. The molecule has 1 heterocycles. The molecular formula is C22H21NO4. The molecule has 0 fully saturated rings. The molecule has 5 heteroatoms. The van der Waals surface area contributed by atoms with Gasteiger partial charge in [-0.2, -0.15) is 0 Å². The molecule has 0 aliphatic carbocycles. The molecule has 0 spiro atoms. The monoisotopic (exact) mass is 363 g/mol. The number of nitrogens with zero attached hydrogens (tertiary/aromatic N) is 1.